The maximum absolute atomic E-state index is 12.4. The van der Waals surface area contributed by atoms with Gasteiger partial charge < -0.3 is 14.2 Å². The Morgan fingerprint density at radius 3 is 2.10 bits per heavy atom. The van der Waals surface area contributed by atoms with Crippen LogP contribution in [0.3, 0.4) is 0 Å². The normalized spacial score (nSPS) is 10.5. The van der Waals surface area contributed by atoms with Crippen molar-refractivity contribution in [3.63, 3.8) is 0 Å². The second kappa shape index (κ2) is 8.32. The summed E-state index contributed by atoms with van der Waals surface area (Å²) < 4.78 is 16.1. The molecule has 112 valence electrons. The Bertz CT molecular complexity index is 459. The molecule has 0 heterocycles. The minimum absolute atomic E-state index is 0.0384. The summed E-state index contributed by atoms with van der Waals surface area (Å²) in [7, 11) is 4.60. The number of thioether (sulfide) groups is 2. The summed E-state index contributed by atoms with van der Waals surface area (Å²) in [4.78, 5) is 12.4. The van der Waals surface area contributed by atoms with Gasteiger partial charge in [-0.05, 0) is 24.6 Å². The first-order valence-corrected chi connectivity index (χ1v) is 8.58. The van der Waals surface area contributed by atoms with Crippen molar-refractivity contribution >= 4 is 29.3 Å². The molecular weight excluding hydrogens is 296 g/mol. The van der Waals surface area contributed by atoms with Crippen molar-refractivity contribution in [3.05, 3.63) is 17.7 Å². The quantitative estimate of drug-likeness (QED) is 0.541. The molecule has 1 aromatic rings. The highest BCUT2D eigenvalue weighted by molar-refractivity contribution is 8.16. The highest BCUT2D eigenvalue weighted by Crippen LogP contribution is 2.40. The van der Waals surface area contributed by atoms with E-state index in [0.29, 0.717) is 29.2 Å². The zero-order valence-electron chi connectivity index (χ0n) is 12.4. The minimum Gasteiger partial charge on any atom is -0.493 e. The third-order valence-electron chi connectivity index (χ3n) is 2.88. The molecule has 0 amide bonds. The smallest absolute Gasteiger partial charge is 0.204 e. The zero-order chi connectivity index (χ0) is 15.1. The van der Waals surface area contributed by atoms with E-state index >= 15 is 0 Å². The van der Waals surface area contributed by atoms with Gasteiger partial charge in [0, 0.05) is 6.42 Å². The van der Waals surface area contributed by atoms with Crippen LogP contribution in [0.15, 0.2) is 12.1 Å². The van der Waals surface area contributed by atoms with Gasteiger partial charge in [0.05, 0.1) is 31.5 Å². The number of ether oxygens (including phenoxy) is 3. The maximum Gasteiger partial charge on any atom is 0.204 e. The van der Waals surface area contributed by atoms with E-state index in [2.05, 4.69) is 0 Å². The van der Waals surface area contributed by atoms with Crippen molar-refractivity contribution in [2.75, 3.05) is 33.8 Å². The Morgan fingerprint density at radius 2 is 1.65 bits per heavy atom. The van der Waals surface area contributed by atoms with Crippen LogP contribution in [0.4, 0.5) is 0 Å². The van der Waals surface area contributed by atoms with E-state index in [1.54, 1.807) is 42.8 Å². The molecule has 20 heavy (non-hydrogen) atoms. The number of hydrogen-bond acceptors (Lipinski definition) is 6. The van der Waals surface area contributed by atoms with Crippen molar-refractivity contribution in [1.29, 1.82) is 0 Å². The number of rotatable bonds is 8. The number of methoxy groups -OCH3 is 3. The van der Waals surface area contributed by atoms with Crippen LogP contribution in [0.2, 0.25) is 0 Å². The molecule has 0 unspecified atom stereocenters. The second-order valence-corrected chi connectivity index (χ2v) is 6.29. The van der Waals surface area contributed by atoms with Crippen LogP contribution >= 0.6 is 23.5 Å². The average molecular weight is 316 g/mol. The van der Waals surface area contributed by atoms with E-state index in [-0.39, 0.29) is 10.4 Å². The second-order valence-electron chi connectivity index (χ2n) is 3.91. The van der Waals surface area contributed by atoms with Crippen LogP contribution in [-0.2, 0) is 0 Å². The number of carbonyl (C=O) groups is 1. The summed E-state index contributed by atoms with van der Waals surface area (Å²) in [5, 5.41) is 0. The van der Waals surface area contributed by atoms with Gasteiger partial charge in [0.15, 0.2) is 17.3 Å². The lowest BCUT2D eigenvalue weighted by Crippen LogP contribution is -2.09. The van der Waals surface area contributed by atoms with E-state index in [4.69, 9.17) is 14.2 Å². The summed E-state index contributed by atoms with van der Waals surface area (Å²) in [6.45, 7) is 0. The first kappa shape index (κ1) is 17.0. The average Bonchev–Trinajstić information content (AvgIpc) is 2.50. The van der Waals surface area contributed by atoms with Gasteiger partial charge in [0.2, 0.25) is 5.75 Å². The lowest BCUT2D eigenvalue weighted by Gasteiger charge is -2.16. The number of hydrogen-bond donors (Lipinski definition) is 0. The van der Waals surface area contributed by atoms with Crippen LogP contribution in [0.25, 0.3) is 0 Å². The van der Waals surface area contributed by atoms with Crippen LogP contribution in [0, 0.1) is 0 Å². The summed E-state index contributed by atoms with van der Waals surface area (Å²) >= 11 is 3.34. The number of carbonyl (C=O) groups excluding carboxylic acids is 1. The summed E-state index contributed by atoms with van der Waals surface area (Å²) in [6.07, 6.45) is 4.45. The SMILES string of the molecule is COc1ccc(C(=O)CC(SC)SC)c(OC)c1OC. The fourth-order valence-electron chi connectivity index (χ4n) is 1.85. The lowest BCUT2D eigenvalue weighted by atomic mass is 10.1. The fraction of sp³-hybridized carbons (Fsp3) is 0.500. The molecule has 0 spiro atoms. The highest BCUT2D eigenvalue weighted by atomic mass is 32.2. The van der Waals surface area contributed by atoms with Gasteiger partial charge in [-0.3, -0.25) is 4.79 Å². The van der Waals surface area contributed by atoms with Crippen molar-refractivity contribution in [1.82, 2.24) is 0 Å². The zero-order valence-corrected chi connectivity index (χ0v) is 14.0. The molecule has 0 atom stereocenters. The Kier molecular flexibility index (Phi) is 7.09. The van der Waals surface area contributed by atoms with Crippen LogP contribution in [0.5, 0.6) is 17.2 Å². The van der Waals surface area contributed by atoms with Gasteiger partial charge in [0.25, 0.3) is 0 Å². The summed E-state index contributed by atoms with van der Waals surface area (Å²) in [5.74, 6) is 1.46. The third-order valence-corrected chi connectivity index (χ3v) is 5.42. The first-order chi connectivity index (χ1) is 9.62. The molecule has 0 aromatic heterocycles. The molecule has 0 aliphatic heterocycles. The van der Waals surface area contributed by atoms with Crippen molar-refractivity contribution in [2.24, 2.45) is 0 Å². The Hall–Kier alpha value is -1.01. The van der Waals surface area contributed by atoms with Crippen molar-refractivity contribution in [2.45, 2.75) is 11.0 Å². The topological polar surface area (TPSA) is 44.8 Å². The van der Waals surface area contributed by atoms with Crippen molar-refractivity contribution in [3.8, 4) is 17.2 Å². The predicted octanol–water partition coefficient (Wildman–Crippen LogP) is 3.34. The number of benzene rings is 1. The largest absolute Gasteiger partial charge is 0.493 e. The van der Waals surface area contributed by atoms with Gasteiger partial charge in [-0.15, -0.1) is 0 Å². The van der Waals surface area contributed by atoms with Gasteiger partial charge in [0.1, 0.15) is 0 Å². The molecule has 0 aliphatic carbocycles. The fourth-order valence-corrected chi connectivity index (χ4v) is 3.25. The maximum atomic E-state index is 12.4. The standard InChI is InChI=1S/C14H20O4S2/c1-16-11-7-6-9(13(17-2)14(11)18-3)10(15)8-12(19-4)20-5/h6-7,12H,8H2,1-5H3. The molecule has 4 nitrogen and oxygen atoms in total. The molecular formula is C14H20O4S2. The van der Waals surface area contributed by atoms with E-state index < -0.39 is 0 Å². The molecule has 0 N–H and O–H groups in total. The van der Waals surface area contributed by atoms with Crippen LogP contribution in [0.1, 0.15) is 16.8 Å². The van der Waals surface area contributed by atoms with E-state index in [1.807, 2.05) is 12.5 Å². The minimum atomic E-state index is 0.0384. The van der Waals surface area contributed by atoms with Gasteiger partial charge in [-0.1, -0.05) is 0 Å². The predicted molar refractivity (Wildman–Crippen MR) is 85.9 cm³/mol. The Morgan fingerprint density at radius 1 is 1.05 bits per heavy atom. The monoisotopic (exact) mass is 316 g/mol. The molecule has 0 saturated heterocycles. The highest BCUT2D eigenvalue weighted by Gasteiger charge is 2.22. The van der Waals surface area contributed by atoms with E-state index in [0.717, 1.165) is 0 Å². The van der Waals surface area contributed by atoms with E-state index in [1.165, 1.54) is 14.2 Å². The molecule has 0 aliphatic rings. The number of Topliss-reactive ketones (excluding diaryl/α,β-unsaturated/α-hetero) is 1. The Labute approximate surface area is 128 Å². The summed E-state index contributed by atoms with van der Waals surface area (Å²) in [5.41, 5.74) is 0.526. The molecule has 0 fully saturated rings. The molecule has 0 radical (unpaired) electrons. The molecule has 1 aromatic carbocycles. The number of ketones is 1. The summed E-state index contributed by atoms with van der Waals surface area (Å²) in [6, 6.07) is 3.45. The van der Waals surface area contributed by atoms with E-state index in [9.17, 15) is 4.79 Å². The third kappa shape index (κ3) is 3.76. The molecule has 1 rings (SSSR count). The van der Waals surface area contributed by atoms with Gasteiger partial charge in [-0.2, -0.15) is 23.5 Å². The Balaban J connectivity index is 3.14. The van der Waals surface area contributed by atoms with Crippen LogP contribution in [-0.4, -0.2) is 44.2 Å². The first-order valence-electron chi connectivity index (χ1n) is 6.00. The molecule has 0 saturated carbocycles. The van der Waals surface area contributed by atoms with Gasteiger partial charge >= 0.3 is 0 Å². The van der Waals surface area contributed by atoms with Crippen molar-refractivity contribution < 1.29 is 19.0 Å². The van der Waals surface area contributed by atoms with Crippen LogP contribution < -0.4 is 14.2 Å². The molecule has 0 bridgehead atoms. The van der Waals surface area contributed by atoms with Gasteiger partial charge in [-0.25, -0.2) is 0 Å². The molecule has 6 heteroatoms. The lowest BCUT2D eigenvalue weighted by molar-refractivity contribution is 0.0984.